The van der Waals surface area contributed by atoms with Crippen molar-refractivity contribution >= 4 is 85.8 Å². The van der Waals surface area contributed by atoms with Gasteiger partial charge in [0.05, 0.1) is 26.9 Å². The minimum Gasteiger partial charge on any atom is -0.276 e. The maximum Gasteiger partial charge on any atom is 0.235 e. The van der Waals surface area contributed by atoms with Crippen LogP contribution in [0.25, 0.3) is 91.6 Å². The van der Waals surface area contributed by atoms with Crippen molar-refractivity contribution in [3.63, 3.8) is 0 Å². The van der Waals surface area contributed by atoms with E-state index in [1.165, 1.54) is 58.0 Å². The lowest BCUT2D eigenvalue weighted by molar-refractivity contribution is 1.02. The van der Waals surface area contributed by atoms with E-state index in [0.717, 1.165) is 27.7 Å². The van der Waals surface area contributed by atoms with Crippen LogP contribution >= 0.6 is 11.3 Å². The number of hydrogen-bond acceptors (Lipinski definition) is 3. The first-order chi connectivity index (χ1) is 21.8. The molecule has 0 N–H and O–H groups in total. The van der Waals surface area contributed by atoms with Crippen molar-refractivity contribution in [3.8, 4) is 17.2 Å². The molecule has 0 bridgehead atoms. The van der Waals surface area contributed by atoms with Gasteiger partial charge < -0.3 is 0 Å². The zero-order chi connectivity index (χ0) is 28.8. The van der Waals surface area contributed by atoms with Crippen LogP contribution in [-0.4, -0.2) is 14.5 Å². The average Bonchev–Trinajstić information content (AvgIpc) is 3.65. The summed E-state index contributed by atoms with van der Waals surface area (Å²) < 4.78 is 4.86. The Labute approximate surface area is 256 Å². The highest BCUT2D eigenvalue weighted by Crippen LogP contribution is 2.47. The fourth-order valence-electron chi connectivity index (χ4n) is 7.06. The molecule has 0 unspecified atom stereocenters. The van der Waals surface area contributed by atoms with E-state index in [1.54, 1.807) is 0 Å². The molecule has 3 aromatic heterocycles. The highest BCUT2D eigenvalue weighted by atomic mass is 32.1. The van der Waals surface area contributed by atoms with Crippen molar-refractivity contribution in [3.05, 3.63) is 140 Å². The fraction of sp³-hybridized carbons (Fsp3) is 0. The molecule has 0 amide bonds. The minimum atomic E-state index is 0.687. The van der Waals surface area contributed by atoms with E-state index >= 15 is 0 Å². The number of nitrogens with zero attached hydrogens (tertiary/aromatic N) is 3. The summed E-state index contributed by atoms with van der Waals surface area (Å²) in [5.74, 6) is 0.687. The van der Waals surface area contributed by atoms with Gasteiger partial charge in [-0.1, -0.05) is 115 Å². The predicted octanol–water partition coefficient (Wildman–Crippen LogP) is 11.1. The summed E-state index contributed by atoms with van der Waals surface area (Å²) in [5, 5.41) is 11.1. The second kappa shape index (κ2) is 8.96. The summed E-state index contributed by atoms with van der Waals surface area (Å²) in [4.78, 5) is 10.7. The Balaban J connectivity index is 1.40. The highest BCUT2D eigenvalue weighted by molar-refractivity contribution is 7.27. The molecule has 0 radical (unpaired) electrons. The number of benzene rings is 7. The largest absolute Gasteiger partial charge is 0.276 e. The molecule has 0 fully saturated rings. The van der Waals surface area contributed by atoms with Gasteiger partial charge in [0, 0.05) is 37.2 Å². The Kier molecular flexibility index (Phi) is 4.87. The first-order valence-electron chi connectivity index (χ1n) is 14.8. The van der Waals surface area contributed by atoms with Crippen LogP contribution in [-0.2, 0) is 0 Å². The van der Waals surface area contributed by atoms with Gasteiger partial charge in [-0.05, 0) is 45.8 Å². The van der Waals surface area contributed by atoms with Crippen LogP contribution in [0.15, 0.2) is 140 Å². The molecule has 0 saturated heterocycles. The van der Waals surface area contributed by atoms with Crippen LogP contribution in [0, 0.1) is 0 Å². The van der Waals surface area contributed by atoms with E-state index in [9.17, 15) is 0 Å². The van der Waals surface area contributed by atoms with Crippen molar-refractivity contribution in [2.24, 2.45) is 0 Å². The molecule has 4 heteroatoms. The number of rotatable bonds is 2. The molecular formula is C40H23N3S. The van der Waals surface area contributed by atoms with E-state index in [4.69, 9.17) is 9.97 Å². The minimum absolute atomic E-state index is 0.687. The lowest BCUT2D eigenvalue weighted by atomic mass is 9.99. The van der Waals surface area contributed by atoms with E-state index in [0.29, 0.717) is 5.95 Å². The summed E-state index contributed by atoms with van der Waals surface area (Å²) >= 11 is 1.86. The van der Waals surface area contributed by atoms with Gasteiger partial charge in [0.1, 0.15) is 0 Å². The third-order valence-electron chi connectivity index (χ3n) is 8.97. The maximum absolute atomic E-state index is 5.42. The summed E-state index contributed by atoms with van der Waals surface area (Å²) in [6, 6.07) is 49.8. The van der Waals surface area contributed by atoms with Crippen molar-refractivity contribution in [1.29, 1.82) is 0 Å². The number of fused-ring (bicyclic) bond motifs is 12. The first-order valence-corrected chi connectivity index (χ1v) is 15.7. The van der Waals surface area contributed by atoms with Crippen LogP contribution in [0.2, 0.25) is 0 Å². The van der Waals surface area contributed by atoms with Crippen molar-refractivity contribution in [2.45, 2.75) is 0 Å². The van der Waals surface area contributed by atoms with E-state index in [2.05, 4.69) is 144 Å². The molecule has 44 heavy (non-hydrogen) atoms. The first kappa shape index (κ1) is 23.9. The molecule has 0 spiro atoms. The molecule has 0 aliphatic heterocycles. The molecule has 3 nitrogen and oxygen atoms in total. The van der Waals surface area contributed by atoms with Gasteiger partial charge in [0.15, 0.2) is 0 Å². The summed E-state index contributed by atoms with van der Waals surface area (Å²) in [6.07, 6.45) is 0. The summed E-state index contributed by atoms with van der Waals surface area (Å²) in [5.41, 5.74) is 5.23. The van der Waals surface area contributed by atoms with Gasteiger partial charge >= 0.3 is 0 Å². The number of thiophene rings is 1. The third kappa shape index (κ3) is 3.26. The third-order valence-corrected chi connectivity index (χ3v) is 10.1. The second-order valence-electron chi connectivity index (χ2n) is 11.4. The van der Waals surface area contributed by atoms with Gasteiger partial charge in [0.2, 0.25) is 5.95 Å². The van der Waals surface area contributed by atoms with Crippen LogP contribution < -0.4 is 0 Å². The van der Waals surface area contributed by atoms with Gasteiger partial charge in [0.25, 0.3) is 0 Å². The van der Waals surface area contributed by atoms with Crippen LogP contribution in [0.1, 0.15) is 0 Å². The lowest BCUT2D eigenvalue weighted by Gasteiger charge is -2.13. The van der Waals surface area contributed by atoms with Gasteiger partial charge in [-0.15, -0.1) is 11.3 Å². The topological polar surface area (TPSA) is 30.7 Å². The van der Waals surface area contributed by atoms with Crippen molar-refractivity contribution < 1.29 is 0 Å². The molecule has 7 aromatic carbocycles. The van der Waals surface area contributed by atoms with Gasteiger partial charge in [-0.3, -0.25) is 4.57 Å². The van der Waals surface area contributed by atoms with Crippen molar-refractivity contribution in [2.75, 3.05) is 0 Å². The normalized spacial score (nSPS) is 12.1. The highest BCUT2D eigenvalue weighted by Gasteiger charge is 2.23. The number of aromatic nitrogens is 3. The van der Waals surface area contributed by atoms with E-state index in [-0.39, 0.29) is 0 Å². The zero-order valence-electron chi connectivity index (χ0n) is 23.5. The molecule has 0 aliphatic carbocycles. The Morgan fingerprint density at radius 1 is 0.500 bits per heavy atom. The molecule has 3 heterocycles. The predicted molar refractivity (Wildman–Crippen MR) is 187 cm³/mol. The number of hydrogen-bond donors (Lipinski definition) is 0. The smallest absolute Gasteiger partial charge is 0.235 e. The number of para-hydroxylation sites is 2. The van der Waals surface area contributed by atoms with Crippen LogP contribution in [0.3, 0.4) is 0 Å². The zero-order valence-corrected chi connectivity index (χ0v) is 24.3. The molecular weight excluding hydrogens is 555 g/mol. The Morgan fingerprint density at radius 3 is 2.02 bits per heavy atom. The standard InChI is InChI=1S/C40H23N3S/c1-2-12-25-23-26(22-21-24(25)11-1)37-29-15-5-8-18-32(29)41-40(42-37)43-33-19-9-6-16-30(33)35-27-13-3-4-14-28(27)36-31-17-7-10-20-34(31)44-39(36)38(35)43/h1-23H. The molecule has 0 saturated carbocycles. The van der Waals surface area contributed by atoms with Crippen molar-refractivity contribution in [1.82, 2.24) is 14.5 Å². The Morgan fingerprint density at radius 2 is 1.16 bits per heavy atom. The Bertz CT molecular complexity index is 2790. The second-order valence-corrected chi connectivity index (χ2v) is 12.4. The maximum atomic E-state index is 5.42. The van der Waals surface area contributed by atoms with Gasteiger partial charge in [-0.2, -0.15) is 0 Å². The molecule has 204 valence electrons. The molecule has 0 aliphatic rings. The lowest BCUT2D eigenvalue weighted by Crippen LogP contribution is -2.03. The fourth-order valence-corrected chi connectivity index (χ4v) is 8.31. The Hall–Kier alpha value is -5.58. The van der Waals surface area contributed by atoms with E-state index < -0.39 is 0 Å². The summed E-state index contributed by atoms with van der Waals surface area (Å²) in [6.45, 7) is 0. The molecule has 0 atom stereocenters. The summed E-state index contributed by atoms with van der Waals surface area (Å²) in [7, 11) is 0. The SMILES string of the molecule is c1ccc2cc(-c3nc(-n4c5ccccc5c5c6ccccc6c6c7ccccc7sc6c54)nc4ccccc34)ccc2c1. The van der Waals surface area contributed by atoms with Gasteiger partial charge in [-0.25, -0.2) is 9.97 Å². The average molecular weight is 578 g/mol. The molecule has 10 rings (SSSR count). The van der Waals surface area contributed by atoms with Crippen LogP contribution in [0.5, 0.6) is 0 Å². The van der Waals surface area contributed by atoms with E-state index in [1.807, 2.05) is 11.3 Å². The quantitative estimate of drug-likeness (QED) is 0.205. The van der Waals surface area contributed by atoms with Crippen LogP contribution in [0.4, 0.5) is 0 Å². The molecule has 10 aromatic rings. The monoisotopic (exact) mass is 577 g/mol.